The second-order valence-electron chi connectivity index (χ2n) is 9.74. The van der Waals surface area contributed by atoms with Crippen LogP contribution in [0.3, 0.4) is 0 Å². The molecule has 3 heterocycles. The van der Waals surface area contributed by atoms with Gasteiger partial charge in [-0.2, -0.15) is 0 Å². The third-order valence-corrected chi connectivity index (χ3v) is 8.32. The normalized spacial score (nSPS) is 15.0. The van der Waals surface area contributed by atoms with E-state index in [0.29, 0.717) is 32.1 Å². The number of methoxy groups -OCH3 is 2. The topological polar surface area (TPSA) is 94.9 Å². The predicted molar refractivity (Wildman–Crippen MR) is 164 cm³/mol. The third kappa shape index (κ3) is 4.61. The number of nitrogens with zero attached hydrogens (tertiary/aromatic N) is 2. The van der Waals surface area contributed by atoms with Crippen molar-refractivity contribution in [3.8, 4) is 22.8 Å². The van der Waals surface area contributed by atoms with Crippen LogP contribution >= 0.6 is 11.3 Å². The molecule has 1 N–H and O–H groups in total. The molecule has 2 aromatic heterocycles. The fourth-order valence-electron chi connectivity index (χ4n) is 5.42. The number of carbonyl (C=O) groups excluding carboxylic acids is 1. The molecular formula is C33H29N3O5S. The number of H-pyrrole nitrogens is 1. The maximum absolute atomic E-state index is 14.3. The van der Waals surface area contributed by atoms with E-state index < -0.39 is 12.0 Å². The quantitative estimate of drug-likeness (QED) is 0.275. The van der Waals surface area contributed by atoms with Crippen molar-refractivity contribution < 1.29 is 19.0 Å². The van der Waals surface area contributed by atoms with Crippen LogP contribution in [0.2, 0.25) is 0 Å². The second-order valence-corrected chi connectivity index (χ2v) is 10.7. The zero-order valence-electron chi connectivity index (χ0n) is 23.6. The summed E-state index contributed by atoms with van der Waals surface area (Å²) in [7, 11) is 3.12. The molecule has 1 atom stereocenters. The fraction of sp³-hybridized carbons (Fsp3) is 0.182. The number of para-hydroxylation sites is 1. The summed E-state index contributed by atoms with van der Waals surface area (Å²) in [6.45, 7) is 3.69. The van der Waals surface area contributed by atoms with Crippen LogP contribution in [-0.2, 0) is 9.53 Å². The van der Waals surface area contributed by atoms with E-state index in [9.17, 15) is 9.59 Å². The smallest absolute Gasteiger partial charge is 0.338 e. The Morgan fingerprint density at radius 2 is 1.81 bits per heavy atom. The number of nitrogens with one attached hydrogen (secondary N) is 1. The average Bonchev–Trinajstić information content (AvgIpc) is 3.53. The number of aromatic amines is 1. The van der Waals surface area contributed by atoms with Crippen LogP contribution in [0.15, 0.2) is 93.9 Å². The molecule has 0 fully saturated rings. The SMILES string of the molecule is CCOC(=O)C1=C(C)N=c2sc(=Cc3c(-c4ccccc4)[nH]c4ccccc34)c(=O)n2[C@H]1c1cc(OC)ccc1OC. The van der Waals surface area contributed by atoms with E-state index in [-0.39, 0.29) is 17.7 Å². The van der Waals surface area contributed by atoms with E-state index in [1.807, 2.05) is 60.7 Å². The molecule has 212 valence electrons. The monoisotopic (exact) mass is 579 g/mol. The minimum atomic E-state index is -0.830. The Labute approximate surface area is 245 Å². The van der Waals surface area contributed by atoms with Crippen LogP contribution in [0.4, 0.5) is 0 Å². The molecule has 3 aromatic carbocycles. The summed E-state index contributed by atoms with van der Waals surface area (Å²) in [5.74, 6) is 0.540. The highest BCUT2D eigenvalue weighted by molar-refractivity contribution is 7.07. The second kappa shape index (κ2) is 11.2. The van der Waals surface area contributed by atoms with Crippen LogP contribution in [0.1, 0.15) is 31.0 Å². The van der Waals surface area contributed by atoms with Gasteiger partial charge in [0, 0.05) is 22.0 Å². The van der Waals surface area contributed by atoms with E-state index in [0.717, 1.165) is 27.7 Å². The lowest BCUT2D eigenvalue weighted by Crippen LogP contribution is -2.40. The number of allylic oxidation sites excluding steroid dienone is 1. The summed E-state index contributed by atoms with van der Waals surface area (Å²) < 4.78 is 18.7. The lowest BCUT2D eigenvalue weighted by Gasteiger charge is -2.26. The minimum Gasteiger partial charge on any atom is -0.497 e. The van der Waals surface area contributed by atoms with Crippen molar-refractivity contribution in [2.45, 2.75) is 19.9 Å². The number of thiazole rings is 1. The zero-order chi connectivity index (χ0) is 29.4. The molecule has 9 heteroatoms. The Morgan fingerprint density at radius 1 is 1.05 bits per heavy atom. The number of aromatic nitrogens is 2. The van der Waals surface area contributed by atoms with Gasteiger partial charge in [0.1, 0.15) is 17.5 Å². The van der Waals surface area contributed by atoms with Crippen molar-refractivity contribution in [2.24, 2.45) is 4.99 Å². The molecule has 8 nitrogen and oxygen atoms in total. The largest absolute Gasteiger partial charge is 0.497 e. The summed E-state index contributed by atoms with van der Waals surface area (Å²) in [6, 6.07) is 22.5. The maximum Gasteiger partial charge on any atom is 0.338 e. The van der Waals surface area contributed by atoms with Crippen molar-refractivity contribution in [3.05, 3.63) is 115 Å². The van der Waals surface area contributed by atoms with Crippen molar-refractivity contribution >= 4 is 34.3 Å². The highest BCUT2D eigenvalue weighted by atomic mass is 32.1. The molecule has 1 aliphatic heterocycles. The number of fused-ring (bicyclic) bond motifs is 2. The summed E-state index contributed by atoms with van der Waals surface area (Å²) in [6.07, 6.45) is 1.91. The van der Waals surface area contributed by atoms with Gasteiger partial charge in [-0.1, -0.05) is 59.9 Å². The Kier molecular flexibility index (Phi) is 7.26. The maximum atomic E-state index is 14.3. The van der Waals surface area contributed by atoms with Gasteiger partial charge in [-0.15, -0.1) is 0 Å². The molecule has 0 radical (unpaired) electrons. The molecule has 0 aliphatic carbocycles. The van der Waals surface area contributed by atoms with E-state index >= 15 is 0 Å². The van der Waals surface area contributed by atoms with Gasteiger partial charge in [0.15, 0.2) is 4.80 Å². The molecule has 0 saturated heterocycles. The van der Waals surface area contributed by atoms with Crippen LogP contribution in [0.25, 0.3) is 28.2 Å². The number of rotatable bonds is 7. The molecule has 0 saturated carbocycles. The van der Waals surface area contributed by atoms with Crippen LogP contribution in [0.5, 0.6) is 11.5 Å². The highest BCUT2D eigenvalue weighted by Gasteiger charge is 2.35. The van der Waals surface area contributed by atoms with Gasteiger partial charge in [0.25, 0.3) is 5.56 Å². The van der Waals surface area contributed by atoms with Crippen molar-refractivity contribution in [3.63, 3.8) is 0 Å². The molecule has 0 unspecified atom stereocenters. The van der Waals surface area contributed by atoms with Gasteiger partial charge in [-0.05, 0) is 49.8 Å². The lowest BCUT2D eigenvalue weighted by atomic mass is 9.94. The molecular weight excluding hydrogens is 550 g/mol. The number of esters is 1. The Morgan fingerprint density at radius 3 is 2.55 bits per heavy atom. The molecule has 1 aliphatic rings. The van der Waals surface area contributed by atoms with Crippen molar-refractivity contribution in [2.75, 3.05) is 20.8 Å². The van der Waals surface area contributed by atoms with Gasteiger partial charge in [0.05, 0.1) is 42.3 Å². The molecule has 0 bridgehead atoms. The standard InChI is InChI=1S/C33H29N3O5S/c1-5-41-32(38)28-19(2)34-33-36(30(28)24-17-21(39-3)15-16-26(24)40-4)31(37)27(42-33)18-23-22-13-9-10-14-25(22)35-29(23)20-11-7-6-8-12-20/h6-18,30,35H,5H2,1-4H3/t30-/m0/s1. The first-order chi connectivity index (χ1) is 20.4. The Balaban J connectivity index is 1.64. The van der Waals surface area contributed by atoms with Gasteiger partial charge in [-0.3, -0.25) is 9.36 Å². The summed E-state index contributed by atoms with van der Waals surface area (Å²) in [4.78, 5) is 36.4. The van der Waals surface area contributed by atoms with Gasteiger partial charge >= 0.3 is 5.97 Å². The first-order valence-electron chi connectivity index (χ1n) is 13.5. The Hall–Kier alpha value is -4.89. The molecule has 42 heavy (non-hydrogen) atoms. The number of benzene rings is 3. The lowest BCUT2D eigenvalue weighted by molar-refractivity contribution is -0.139. The first-order valence-corrected chi connectivity index (χ1v) is 14.3. The van der Waals surface area contributed by atoms with Gasteiger partial charge in [-0.25, -0.2) is 9.79 Å². The molecule has 0 amide bonds. The summed E-state index contributed by atoms with van der Waals surface area (Å²) in [5, 5.41) is 0.997. The van der Waals surface area contributed by atoms with Crippen LogP contribution < -0.4 is 24.4 Å². The fourth-order valence-corrected chi connectivity index (χ4v) is 6.44. The van der Waals surface area contributed by atoms with E-state index in [1.165, 1.54) is 11.3 Å². The molecule has 5 aromatic rings. The number of ether oxygens (including phenoxy) is 3. The Bertz CT molecular complexity index is 2040. The van der Waals surface area contributed by atoms with Crippen LogP contribution in [-0.4, -0.2) is 36.3 Å². The summed E-state index contributed by atoms with van der Waals surface area (Å²) >= 11 is 1.28. The minimum absolute atomic E-state index is 0.185. The zero-order valence-corrected chi connectivity index (χ0v) is 24.5. The van der Waals surface area contributed by atoms with Crippen molar-refractivity contribution in [1.82, 2.24) is 9.55 Å². The highest BCUT2D eigenvalue weighted by Crippen LogP contribution is 2.38. The van der Waals surface area contributed by atoms with Gasteiger partial charge in [0.2, 0.25) is 0 Å². The van der Waals surface area contributed by atoms with Crippen LogP contribution in [0, 0.1) is 0 Å². The molecule has 0 spiro atoms. The van der Waals surface area contributed by atoms with E-state index in [2.05, 4.69) is 4.98 Å². The summed E-state index contributed by atoms with van der Waals surface area (Å²) in [5.41, 5.74) is 4.87. The first kappa shape index (κ1) is 27.3. The molecule has 6 rings (SSSR count). The van der Waals surface area contributed by atoms with E-state index in [4.69, 9.17) is 19.2 Å². The van der Waals surface area contributed by atoms with Crippen molar-refractivity contribution in [1.29, 1.82) is 0 Å². The van der Waals surface area contributed by atoms with E-state index in [1.54, 1.807) is 50.8 Å². The third-order valence-electron chi connectivity index (χ3n) is 7.33. The van der Waals surface area contributed by atoms with Gasteiger partial charge < -0.3 is 19.2 Å². The predicted octanol–water partition coefficient (Wildman–Crippen LogP) is 4.96. The number of hydrogen-bond donors (Lipinski definition) is 1. The number of hydrogen-bond acceptors (Lipinski definition) is 7. The average molecular weight is 580 g/mol. The number of carbonyl (C=O) groups is 1.